The fourth-order valence-corrected chi connectivity index (χ4v) is 1.64. The number of anilines is 2. The molecule has 0 amide bonds. The summed E-state index contributed by atoms with van der Waals surface area (Å²) in [4.78, 5) is 3.78. The Bertz CT molecular complexity index is 555. The fraction of sp³-hybridized carbons (Fsp3) is 0.0833. The largest absolute Gasteiger partial charge is 0.395 e. The lowest BCUT2D eigenvalue weighted by Crippen LogP contribution is -2.06. The molecule has 0 aliphatic rings. The van der Waals surface area contributed by atoms with Crippen LogP contribution in [0.25, 0.3) is 0 Å². The zero-order valence-corrected chi connectivity index (χ0v) is 10.0. The third-order valence-corrected chi connectivity index (χ3v) is 2.76. The minimum atomic E-state index is -0.610. The Kier molecular flexibility index (Phi) is 3.62. The molecule has 18 heavy (non-hydrogen) atoms. The number of nitrogens with zero attached hydrogens (tertiary/aromatic N) is 1. The Balaban J connectivity index is 2.19. The van der Waals surface area contributed by atoms with E-state index in [2.05, 4.69) is 10.3 Å². The van der Waals surface area contributed by atoms with E-state index >= 15 is 0 Å². The molecule has 0 atom stereocenters. The summed E-state index contributed by atoms with van der Waals surface area (Å²) >= 11 is 5.73. The summed E-state index contributed by atoms with van der Waals surface area (Å²) in [6.45, 7) is -0.0248. The van der Waals surface area contributed by atoms with Gasteiger partial charge in [-0.1, -0.05) is 17.7 Å². The Morgan fingerprint density at radius 1 is 1.22 bits per heavy atom. The molecule has 94 valence electrons. The lowest BCUT2D eigenvalue weighted by Gasteiger charge is -2.10. The van der Waals surface area contributed by atoms with Crippen molar-refractivity contribution in [3.63, 3.8) is 0 Å². The molecule has 0 spiro atoms. The number of nitrogens with one attached hydrogen (secondary N) is 1. The standard InChI is InChI=1S/C12H10ClF2N3/c13-12-11(16)10(4-5-17-12)18-6-7-8(14)2-1-3-9(7)15/h1-5H,6,16H2,(H,17,18). The zero-order chi connectivity index (χ0) is 13.1. The normalized spacial score (nSPS) is 10.4. The maximum atomic E-state index is 13.4. The molecule has 2 rings (SSSR count). The van der Waals surface area contributed by atoms with Crippen LogP contribution in [0, 0.1) is 11.6 Å². The SMILES string of the molecule is Nc1c(NCc2c(F)cccc2F)ccnc1Cl. The van der Waals surface area contributed by atoms with E-state index in [0.717, 1.165) is 0 Å². The summed E-state index contributed by atoms with van der Waals surface area (Å²) in [6, 6.07) is 5.29. The van der Waals surface area contributed by atoms with Crippen molar-refractivity contribution in [1.29, 1.82) is 0 Å². The molecule has 0 bridgehead atoms. The summed E-state index contributed by atoms with van der Waals surface area (Å²) in [6.07, 6.45) is 1.46. The van der Waals surface area contributed by atoms with Crippen LogP contribution in [-0.4, -0.2) is 4.98 Å². The van der Waals surface area contributed by atoms with Gasteiger partial charge < -0.3 is 11.1 Å². The molecule has 1 heterocycles. The van der Waals surface area contributed by atoms with Crippen molar-refractivity contribution in [2.24, 2.45) is 0 Å². The number of rotatable bonds is 3. The van der Waals surface area contributed by atoms with Crippen molar-refractivity contribution in [1.82, 2.24) is 4.98 Å². The summed E-state index contributed by atoms with van der Waals surface area (Å²) in [7, 11) is 0. The van der Waals surface area contributed by atoms with Crippen molar-refractivity contribution in [2.45, 2.75) is 6.54 Å². The molecule has 0 saturated heterocycles. The molecule has 1 aromatic heterocycles. The van der Waals surface area contributed by atoms with Crippen LogP contribution in [0.1, 0.15) is 5.56 Å². The summed E-state index contributed by atoms with van der Waals surface area (Å²) in [5.41, 5.74) is 6.36. The topological polar surface area (TPSA) is 50.9 Å². The molecule has 3 nitrogen and oxygen atoms in total. The second kappa shape index (κ2) is 5.18. The summed E-state index contributed by atoms with van der Waals surface area (Å²) in [5, 5.41) is 2.97. The highest BCUT2D eigenvalue weighted by atomic mass is 35.5. The number of nitrogen functional groups attached to an aromatic ring is 1. The van der Waals surface area contributed by atoms with Gasteiger partial charge in [0.25, 0.3) is 0 Å². The van der Waals surface area contributed by atoms with Gasteiger partial charge in [0.05, 0.1) is 11.4 Å². The van der Waals surface area contributed by atoms with Gasteiger partial charge in [0.1, 0.15) is 11.6 Å². The molecule has 0 fully saturated rings. The van der Waals surface area contributed by atoms with Gasteiger partial charge in [-0.05, 0) is 18.2 Å². The first-order valence-corrected chi connectivity index (χ1v) is 5.54. The number of hydrogen-bond donors (Lipinski definition) is 2. The first-order valence-electron chi connectivity index (χ1n) is 5.16. The second-order valence-corrected chi connectivity index (χ2v) is 3.97. The smallest absolute Gasteiger partial charge is 0.153 e. The minimum Gasteiger partial charge on any atom is -0.395 e. The highest BCUT2D eigenvalue weighted by Gasteiger charge is 2.09. The van der Waals surface area contributed by atoms with Crippen molar-refractivity contribution in [3.05, 3.63) is 52.8 Å². The van der Waals surface area contributed by atoms with Crippen LogP contribution in [-0.2, 0) is 6.54 Å². The first kappa shape index (κ1) is 12.6. The zero-order valence-electron chi connectivity index (χ0n) is 9.25. The monoisotopic (exact) mass is 269 g/mol. The van der Waals surface area contributed by atoms with Crippen LogP contribution in [0.2, 0.25) is 5.15 Å². The average molecular weight is 270 g/mol. The van der Waals surface area contributed by atoms with E-state index in [-0.39, 0.29) is 22.9 Å². The predicted molar refractivity (Wildman–Crippen MR) is 67.3 cm³/mol. The minimum absolute atomic E-state index is 0.0248. The van der Waals surface area contributed by atoms with Gasteiger partial charge in [-0.15, -0.1) is 0 Å². The second-order valence-electron chi connectivity index (χ2n) is 3.62. The molecular weight excluding hydrogens is 260 g/mol. The Hall–Kier alpha value is -1.88. The van der Waals surface area contributed by atoms with Crippen LogP contribution < -0.4 is 11.1 Å². The number of benzene rings is 1. The number of hydrogen-bond acceptors (Lipinski definition) is 3. The van der Waals surface area contributed by atoms with E-state index in [1.807, 2.05) is 0 Å². The summed E-state index contributed by atoms with van der Waals surface area (Å²) < 4.78 is 26.8. The molecule has 2 aromatic rings. The van der Waals surface area contributed by atoms with Gasteiger partial charge in [0.2, 0.25) is 0 Å². The Labute approximate surface area is 108 Å². The lowest BCUT2D eigenvalue weighted by molar-refractivity contribution is 0.560. The van der Waals surface area contributed by atoms with Gasteiger partial charge in [0.15, 0.2) is 5.15 Å². The molecule has 0 aliphatic carbocycles. The molecule has 0 unspecified atom stereocenters. The van der Waals surface area contributed by atoms with Crippen molar-refractivity contribution in [2.75, 3.05) is 11.1 Å². The van der Waals surface area contributed by atoms with Crippen LogP contribution in [0.4, 0.5) is 20.2 Å². The van der Waals surface area contributed by atoms with E-state index in [1.165, 1.54) is 24.4 Å². The lowest BCUT2D eigenvalue weighted by atomic mass is 10.2. The van der Waals surface area contributed by atoms with Crippen LogP contribution in [0.3, 0.4) is 0 Å². The molecule has 3 N–H and O–H groups in total. The highest BCUT2D eigenvalue weighted by molar-refractivity contribution is 6.32. The van der Waals surface area contributed by atoms with Crippen molar-refractivity contribution in [3.8, 4) is 0 Å². The Morgan fingerprint density at radius 2 is 1.89 bits per heavy atom. The van der Waals surface area contributed by atoms with Gasteiger partial charge in [-0.2, -0.15) is 0 Å². The average Bonchev–Trinajstić information content (AvgIpc) is 2.33. The maximum Gasteiger partial charge on any atom is 0.153 e. The molecular formula is C12H10ClF2N3. The molecule has 0 saturated carbocycles. The number of nitrogens with two attached hydrogens (primary N) is 1. The number of halogens is 3. The van der Waals surface area contributed by atoms with Gasteiger partial charge in [-0.25, -0.2) is 13.8 Å². The van der Waals surface area contributed by atoms with E-state index in [9.17, 15) is 8.78 Å². The number of pyridine rings is 1. The highest BCUT2D eigenvalue weighted by Crippen LogP contribution is 2.25. The van der Waals surface area contributed by atoms with E-state index in [0.29, 0.717) is 5.69 Å². The molecule has 0 radical (unpaired) electrons. The molecule has 0 aliphatic heterocycles. The third kappa shape index (κ3) is 2.51. The third-order valence-electron chi connectivity index (χ3n) is 2.46. The van der Waals surface area contributed by atoms with E-state index < -0.39 is 11.6 Å². The number of aromatic nitrogens is 1. The van der Waals surface area contributed by atoms with Gasteiger partial charge in [-0.3, -0.25) is 0 Å². The summed E-state index contributed by atoms with van der Waals surface area (Å²) in [5.74, 6) is -1.22. The van der Waals surface area contributed by atoms with Gasteiger partial charge in [0, 0.05) is 18.3 Å². The quantitative estimate of drug-likeness (QED) is 0.841. The van der Waals surface area contributed by atoms with E-state index in [1.54, 1.807) is 6.07 Å². The molecule has 1 aromatic carbocycles. The van der Waals surface area contributed by atoms with Crippen molar-refractivity contribution >= 4 is 23.0 Å². The molecule has 6 heteroatoms. The van der Waals surface area contributed by atoms with Crippen LogP contribution >= 0.6 is 11.6 Å². The fourth-order valence-electron chi connectivity index (χ4n) is 1.49. The predicted octanol–water partition coefficient (Wildman–Crippen LogP) is 3.21. The van der Waals surface area contributed by atoms with Crippen molar-refractivity contribution < 1.29 is 8.78 Å². The van der Waals surface area contributed by atoms with E-state index in [4.69, 9.17) is 17.3 Å². The van der Waals surface area contributed by atoms with Gasteiger partial charge >= 0.3 is 0 Å². The van der Waals surface area contributed by atoms with Crippen LogP contribution in [0.15, 0.2) is 30.5 Å². The van der Waals surface area contributed by atoms with Crippen LogP contribution in [0.5, 0.6) is 0 Å². The Morgan fingerprint density at radius 3 is 2.56 bits per heavy atom. The maximum absolute atomic E-state index is 13.4. The first-order chi connectivity index (χ1) is 8.59.